The van der Waals surface area contributed by atoms with Gasteiger partial charge in [-0.05, 0) is 12.5 Å². The molecule has 2 atom stereocenters. The predicted molar refractivity (Wildman–Crippen MR) is 112 cm³/mol. The van der Waals surface area contributed by atoms with Crippen LogP contribution in [0.2, 0.25) is 0 Å². The maximum absolute atomic E-state index is 13.2. The number of carbonyl (C=O) groups excluding carboxylic acids is 2. The number of anilines is 1. The summed E-state index contributed by atoms with van der Waals surface area (Å²) >= 11 is 0. The van der Waals surface area contributed by atoms with Gasteiger partial charge in [0.25, 0.3) is 5.91 Å². The minimum atomic E-state index is -0.564. The van der Waals surface area contributed by atoms with Crippen molar-refractivity contribution in [1.82, 2.24) is 24.6 Å². The summed E-state index contributed by atoms with van der Waals surface area (Å²) in [5.41, 5.74) is 3.11. The van der Waals surface area contributed by atoms with E-state index in [4.69, 9.17) is 0 Å². The molecule has 152 valence electrons. The number of likely N-dealkylation sites (N-methyl/N-ethyl adjacent to an activating group) is 2. The highest BCUT2D eigenvalue weighted by Crippen LogP contribution is 2.42. The Bertz CT molecular complexity index is 1140. The summed E-state index contributed by atoms with van der Waals surface area (Å²) in [5, 5.41) is 8.87. The molecule has 2 unspecified atom stereocenters. The van der Waals surface area contributed by atoms with Crippen LogP contribution in [0, 0.1) is 6.92 Å². The van der Waals surface area contributed by atoms with Gasteiger partial charge in [-0.3, -0.25) is 14.3 Å². The van der Waals surface area contributed by atoms with Gasteiger partial charge in [-0.2, -0.15) is 0 Å². The summed E-state index contributed by atoms with van der Waals surface area (Å²) in [7, 11) is 3.25. The highest BCUT2D eigenvalue weighted by molar-refractivity contribution is 6.02. The Morgan fingerprint density at radius 3 is 2.47 bits per heavy atom. The van der Waals surface area contributed by atoms with Gasteiger partial charge in [0.05, 0.1) is 0 Å². The van der Waals surface area contributed by atoms with E-state index in [1.54, 1.807) is 11.9 Å². The average molecular weight is 402 g/mol. The lowest BCUT2D eigenvalue weighted by atomic mass is 10.1. The number of aromatic nitrogens is 3. The molecule has 0 bridgehead atoms. The fourth-order valence-electron chi connectivity index (χ4n) is 4.40. The van der Waals surface area contributed by atoms with Crippen LogP contribution in [0.1, 0.15) is 17.3 Å². The number of carbonyl (C=O) groups is 2. The van der Waals surface area contributed by atoms with Crippen molar-refractivity contribution in [2.24, 2.45) is 0 Å². The van der Waals surface area contributed by atoms with Crippen molar-refractivity contribution in [2.75, 3.05) is 19.0 Å². The normalized spacial score (nSPS) is 20.6. The maximum Gasteiger partial charge on any atom is 0.327 e. The summed E-state index contributed by atoms with van der Waals surface area (Å²) < 4.78 is 1.92. The molecule has 0 radical (unpaired) electrons. The molecule has 0 N–H and O–H groups in total. The molecular formula is C22H22N6O2. The molecule has 5 rings (SSSR count). The molecule has 0 saturated carbocycles. The molecule has 0 aliphatic carbocycles. The second-order valence-electron chi connectivity index (χ2n) is 7.83. The largest absolute Gasteiger partial charge is 0.327 e. The van der Waals surface area contributed by atoms with Gasteiger partial charge in [-0.15, -0.1) is 10.2 Å². The lowest BCUT2D eigenvalue weighted by Crippen LogP contribution is -2.61. The molecule has 8 nitrogen and oxygen atoms in total. The monoisotopic (exact) mass is 402 g/mol. The third-order valence-corrected chi connectivity index (χ3v) is 5.85. The van der Waals surface area contributed by atoms with E-state index in [1.165, 1.54) is 11.9 Å². The topological polar surface area (TPSA) is 74.6 Å². The number of rotatable bonds is 3. The molecule has 3 aromatic rings. The molecule has 1 fully saturated rings. The van der Waals surface area contributed by atoms with Crippen LogP contribution in [-0.2, 0) is 11.3 Å². The average Bonchev–Trinajstić information content (AvgIpc) is 3.30. The molecule has 3 heterocycles. The number of benzene rings is 2. The summed E-state index contributed by atoms with van der Waals surface area (Å²) in [5.74, 6) is 0.998. The molecule has 30 heavy (non-hydrogen) atoms. The van der Waals surface area contributed by atoms with Crippen molar-refractivity contribution in [3.8, 4) is 11.4 Å². The molecule has 2 aliphatic rings. The smallest absolute Gasteiger partial charge is 0.321 e. The zero-order chi connectivity index (χ0) is 21.0. The number of aryl methyl sites for hydroxylation is 1. The Labute approximate surface area is 174 Å². The van der Waals surface area contributed by atoms with Crippen LogP contribution in [-0.4, -0.2) is 56.6 Å². The van der Waals surface area contributed by atoms with Crippen molar-refractivity contribution in [2.45, 2.75) is 25.7 Å². The van der Waals surface area contributed by atoms with Crippen molar-refractivity contribution in [1.29, 1.82) is 0 Å². The fraction of sp³-hybridized carbons (Fsp3) is 0.273. The summed E-state index contributed by atoms with van der Waals surface area (Å²) in [6, 6.07) is 17.0. The first kappa shape index (κ1) is 18.4. The maximum atomic E-state index is 13.2. The number of hydrogen-bond acceptors (Lipinski definition) is 5. The van der Waals surface area contributed by atoms with Gasteiger partial charge < -0.3 is 9.80 Å². The van der Waals surface area contributed by atoms with Crippen LogP contribution >= 0.6 is 0 Å². The third kappa shape index (κ3) is 2.60. The van der Waals surface area contributed by atoms with Gasteiger partial charge in [-0.25, -0.2) is 4.79 Å². The Kier molecular flexibility index (Phi) is 4.09. The number of hydrogen-bond donors (Lipinski definition) is 0. The highest BCUT2D eigenvalue weighted by Gasteiger charge is 2.54. The minimum Gasteiger partial charge on any atom is -0.321 e. The Hall–Kier alpha value is -3.68. The second kappa shape index (κ2) is 6.69. The lowest BCUT2D eigenvalue weighted by molar-refractivity contribution is -0.133. The van der Waals surface area contributed by atoms with E-state index in [2.05, 4.69) is 16.3 Å². The van der Waals surface area contributed by atoms with Crippen LogP contribution in [0.15, 0.2) is 54.6 Å². The van der Waals surface area contributed by atoms with E-state index in [1.807, 2.05) is 64.9 Å². The van der Waals surface area contributed by atoms with Crippen LogP contribution < -0.4 is 4.90 Å². The van der Waals surface area contributed by atoms with E-state index < -0.39 is 12.2 Å². The Morgan fingerprint density at radius 2 is 1.73 bits per heavy atom. The molecular weight excluding hydrogens is 380 g/mol. The van der Waals surface area contributed by atoms with Crippen molar-refractivity contribution in [3.63, 3.8) is 0 Å². The summed E-state index contributed by atoms with van der Waals surface area (Å²) in [6.45, 7) is 2.54. The standard InChI is InChI=1S/C22H22N6O2/c1-14-8-7-9-15(12-14)13-27-17-19(25(2)22(30)26(3)20(17)29)28-18(23-24-21(27)28)16-10-5-4-6-11-16/h4-12,17,19H,13H2,1-3H3. The van der Waals surface area contributed by atoms with E-state index in [0.29, 0.717) is 18.3 Å². The third-order valence-electron chi connectivity index (χ3n) is 5.85. The predicted octanol–water partition coefficient (Wildman–Crippen LogP) is 2.66. The molecule has 1 saturated heterocycles. The van der Waals surface area contributed by atoms with Gasteiger partial charge in [-0.1, -0.05) is 60.2 Å². The van der Waals surface area contributed by atoms with E-state index in [-0.39, 0.29) is 11.9 Å². The van der Waals surface area contributed by atoms with Gasteiger partial charge in [0.15, 0.2) is 11.9 Å². The first-order chi connectivity index (χ1) is 14.5. The molecule has 8 heteroatoms. The number of nitrogens with zero attached hydrogens (tertiary/aromatic N) is 6. The highest BCUT2D eigenvalue weighted by atomic mass is 16.2. The van der Waals surface area contributed by atoms with E-state index >= 15 is 0 Å². The van der Waals surface area contributed by atoms with Crippen LogP contribution in [0.5, 0.6) is 0 Å². The van der Waals surface area contributed by atoms with Crippen LogP contribution in [0.25, 0.3) is 11.4 Å². The van der Waals surface area contributed by atoms with Crippen LogP contribution in [0.4, 0.5) is 10.7 Å². The first-order valence-corrected chi connectivity index (χ1v) is 9.84. The summed E-state index contributed by atoms with van der Waals surface area (Å²) in [6.07, 6.45) is -0.508. The van der Waals surface area contributed by atoms with Gasteiger partial charge in [0, 0.05) is 26.2 Å². The second-order valence-corrected chi connectivity index (χ2v) is 7.83. The zero-order valence-electron chi connectivity index (χ0n) is 17.1. The van der Waals surface area contributed by atoms with Crippen molar-refractivity contribution in [3.05, 3.63) is 65.7 Å². The molecule has 0 spiro atoms. The van der Waals surface area contributed by atoms with E-state index in [0.717, 1.165) is 16.7 Å². The summed E-state index contributed by atoms with van der Waals surface area (Å²) in [4.78, 5) is 30.7. The van der Waals surface area contributed by atoms with Crippen molar-refractivity contribution >= 4 is 17.9 Å². The Morgan fingerprint density at radius 1 is 0.967 bits per heavy atom. The molecule has 3 amide bonds. The quantitative estimate of drug-likeness (QED) is 0.673. The SMILES string of the molecule is Cc1cccc(CN2c3nnc(-c4ccccc4)n3C3C2C(=O)N(C)C(=O)N3C)c1. The fourth-order valence-corrected chi connectivity index (χ4v) is 4.40. The number of amides is 3. The van der Waals surface area contributed by atoms with Gasteiger partial charge in [0.1, 0.15) is 6.17 Å². The lowest BCUT2D eigenvalue weighted by Gasteiger charge is -2.40. The molecule has 2 aromatic carbocycles. The minimum absolute atomic E-state index is 0.236. The molecule has 1 aromatic heterocycles. The number of urea groups is 1. The number of fused-ring (bicyclic) bond motifs is 3. The number of imide groups is 1. The van der Waals surface area contributed by atoms with Gasteiger partial charge in [0.2, 0.25) is 5.95 Å². The van der Waals surface area contributed by atoms with Crippen molar-refractivity contribution < 1.29 is 9.59 Å². The first-order valence-electron chi connectivity index (χ1n) is 9.84. The zero-order valence-corrected chi connectivity index (χ0v) is 17.1. The Balaban J connectivity index is 1.66. The van der Waals surface area contributed by atoms with Gasteiger partial charge >= 0.3 is 6.03 Å². The van der Waals surface area contributed by atoms with E-state index in [9.17, 15) is 9.59 Å². The van der Waals surface area contributed by atoms with Crippen LogP contribution in [0.3, 0.4) is 0 Å². The molecule has 2 aliphatic heterocycles.